The van der Waals surface area contributed by atoms with E-state index in [2.05, 4.69) is 28.8 Å². The minimum Gasteiger partial charge on any atom is -0.348 e. The summed E-state index contributed by atoms with van der Waals surface area (Å²) in [5.41, 5.74) is 3.26. The first-order valence-corrected chi connectivity index (χ1v) is 11.9. The number of nitrogens with zero attached hydrogens (tertiary/aromatic N) is 1. The SMILES string of the molecule is C[C@H](NC(=O)CN1C(=O)N[C@](C)(c2cccc3ccccc23)C1=O)c1ccc2c(c1)CCCC2. The van der Waals surface area contributed by atoms with Crippen LogP contribution >= 0.6 is 0 Å². The maximum absolute atomic E-state index is 13.4. The number of aryl methyl sites for hydroxylation is 2. The van der Waals surface area contributed by atoms with Gasteiger partial charge in [0, 0.05) is 0 Å². The van der Waals surface area contributed by atoms with Crippen molar-refractivity contribution in [3.8, 4) is 0 Å². The maximum atomic E-state index is 13.4. The van der Waals surface area contributed by atoms with Crippen LogP contribution in [0.25, 0.3) is 10.8 Å². The van der Waals surface area contributed by atoms with Gasteiger partial charge in [-0.15, -0.1) is 0 Å². The fourth-order valence-electron chi connectivity index (χ4n) is 5.22. The van der Waals surface area contributed by atoms with Crippen LogP contribution in [0.2, 0.25) is 0 Å². The molecule has 3 aromatic rings. The van der Waals surface area contributed by atoms with Crippen LogP contribution in [0.5, 0.6) is 0 Å². The number of fused-ring (bicyclic) bond motifs is 2. The van der Waals surface area contributed by atoms with E-state index < -0.39 is 17.5 Å². The van der Waals surface area contributed by atoms with Crippen LogP contribution in [0.1, 0.15) is 55.0 Å². The van der Waals surface area contributed by atoms with Crippen LogP contribution in [-0.2, 0) is 28.0 Å². The van der Waals surface area contributed by atoms with Crippen LogP contribution in [0.3, 0.4) is 0 Å². The third kappa shape index (κ3) is 3.83. The molecule has 5 rings (SSSR count). The molecular formula is C28H29N3O3. The molecule has 1 heterocycles. The highest BCUT2D eigenvalue weighted by Crippen LogP contribution is 2.34. The average molecular weight is 456 g/mol. The lowest BCUT2D eigenvalue weighted by Crippen LogP contribution is -2.43. The standard InChI is InChI=1S/C28H29N3O3/c1-18(21-15-14-19-8-3-4-10-22(19)16-21)29-25(32)17-31-26(33)28(2,30-27(31)34)24-13-7-11-20-9-5-6-12-23(20)24/h5-7,9,11-16,18H,3-4,8,10,17H2,1-2H3,(H,29,32)(H,30,34)/t18-,28+/m0/s1. The van der Waals surface area contributed by atoms with Crippen LogP contribution < -0.4 is 10.6 Å². The molecule has 174 valence electrons. The lowest BCUT2D eigenvalue weighted by atomic mass is 9.88. The van der Waals surface area contributed by atoms with Gasteiger partial charge in [0.2, 0.25) is 5.91 Å². The number of hydrogen-bond donors (Lipinski definition) is 2. The van der Waals surface area contributed by atoms with Crippen LogP contribution in [-0.4, -0.2) is 29.3 Å². The van der Waals surface area contributed by atoms with Gasteiger partial charge in [0.25, 0.3) is 5.91 Å². The smallest absolute Gasteiger partial charge is 0.325 e. The lowest BCUT2D eigenvalue weighted by molar-refractivity contribution is -0.135. The Labute approximate surface area is 199 Å². The molecule has 2 N–H and O–H groups in total. The van der Waals surface area contributed by atoms with Crippen molar-refractivity contribution >= 4 is 28.6 Å². The second-order valence-electron chi connectivity index (χ2n) is 9.50. The number of nitrogens with one attached hydrogen (secondary N) is 2. The largest absolute Gasteiger partial charge is 0.348 e. The van der Waals surface area contributed by atoms with E-state index in [1.165, 1.54) is 24.0 Å². The summed E-state index contributed by atoms with van der Waals surface area (Å²) >= 11 is 0. The Kier molecular flexibility index (Phi) is 5.60. The maximum Gasteiger partial charge on any atom is 0.325 e. The summed E-state index contributed by atoms with van der Waals surface area (Å²) in [5.74, 6) is -0.790. The molecule has 0 bridgehead atoms. The molecule has 1 aliphatic heterocycles. The summed E-state index contributed by atoms with van der Waals surface area (Å²) in [4.78, 5) is 40.0. The van der Waals surface area contributed by atoms with Gasteiger partial charge >= 0.3 is 6.03 Å². The first-order chi connectivity index (χ1) is 16.4. The Morgan fingerprint density at radius 2 is 1.76 bits per heavy atom. The summed E-state index contributed by atoms with van der Waals surface area (Å²) in [7, 11) is 0. The summed E-state index contributed by atoms with van der Waals surface area (Å²) in [6, 6.07) is 19.0. The normalized spacial score (nSPS) is 20.7. The number of carbonyl (C=O) groups is 3. The van der Waals surface area contributed by atoms with Crippen molar-refractivity contribution in [2.45, 2.75) is 51.1 Å². The van der Waals surface area contributed by atoms with Gasteiger partial charge in [-0.25, -0.2) is 4.79 Å². The van der Waals surface area contributed by atoms with Crippen molar-refractivity contribution in [3.63, 3.8) is 0 Å². The summed E-state index contributed by atoms with van der Waals surface area (Å²) in [6.07, 6.45) is 4.60. The van der Waals surface area contributed by atoms with Crippen molar-refractivity contribution in [1.29, 1.82) is 0 Å². The summed E-state index contributed by atoms with van der Waals surface area (Å²) in [6.45, 7) is 3.30. The molecule has 3 aromatic carbocycles. The van der Waals surface area contributed by atoms with Gasteiger partial charge in [-0.1, -0.05) is 60.7 Å². The molecule has 1 saturated heterocycles. The Bertz CT molecular complexity index is 1300. The van der Waals surface area contributed by atoms with E-state index in [9.17, 15) is 14.4 Å². The van der Waals surface area contributed by atoms with Crippen molar-refractivity contribution in [3.05, 3.63) is 82.9 Å². The zero-order valence-electron chi connectivity index (χ0n) is 19.6. The van der Waals surface area contributed by atoms with E-state index in [1.54, 1.807) is 6.92 Å². The second-order valence-corrected chi connectivity index (χ2v) is 9.50. The van der Waals surface area contributed by atoms with Gasteiger partial charge in [-0.05, 0) is 72.6 Å². The zero-order chi connectivity index (χ0) is 23.9. The molecule has 0 unspecified atom stereocenters. The van der Waals surface area contributed by atoms with E-state index in [1.807, 2.05) is 49.4 Å². The van der Waals surface area contributed by atoms with Crippen LogP contribution in [0, 0.1) is 0 Å². The van der Waals surface area contributed by atoms with Crippen molar-refractivity contribution in [2.24, 2.45) is 0 Å². The fraction of sp³-hybridized carbons (Fsp3) is 0.321. The van der Waals surface area contributed by atoms with Crippen molar-refractivity contribution in [2.75, 3.05) is 6.54 Å². The highest BCUT2D eigenvalue weighted by atomic mass is 16.2. The van der Waals surface area contributed by atoms with Gasteiger partial charge < -0.3 is 10.6 Å². The van der Waals surface area contributed by atoms with Crippen LogP contribution in [0.15, 0.2) is 60.7 Å². The first kappa shape index (κ1) is 22.1. The predicted molar refractivity (Wildman–Crippen MR) is 131 cm³/mol. The van der Waals surface area contributed by atoms with E-state index in [0.29, 0.717) is 5.56 Å². The molecule has 0 saturated carbocycles. The molecule has 6 heteroatoms. The molecule has 4 amide bonds. The minimum absolute atomic E-state index is 0.218. The molecule has 34 heavy (non-hydrogen) atoms. The Balaban J connectivity index is 1.31. The van der Waals surface area contributed by atoms with Gasteiger partial charge in [0.05, 0.1) is 6.04 Å². The average Bonchev–Trinajstić information content (AvgIpc) is 3.06. The highest BCUT2D eigenvalue weighted by Gasteiger charge is 2.50. The molecule has 2 atom stereocenters. The molecule has 2 aliphatic rings. The third-order valence-corrected chi connectivity index (χ3v) is 7.16. The van der Waals surface area contributed by atoms with Crippen molar-refractivity contribution < 1.29 is 14.4 Å². The molecule has 1 aliphatic carbocycles. The zero-order valence-corrected chi connectivity index (χ0v) is 19.6. The highest BCUT2D eigenvalue weighted by molar-refractivity contribution is 6.10. The number of hydrogen-bond acceptors (Lipinski definition) is 3. The van der Waals surface area contributed by atoms with E-state index >= 15 is 0 Å². The number of imide groups is 1. The van der Waals surface area contributed by atoms with Crippen molar-refractivity contribution in [1.82, 2.24) is 15.5 Å². The number of rotatable bonds is 5. The van der Waals surface area contributed by atoms with Gasteiger partial charge in [-0.3, -0.25) is 14.5 Å². The van der Waals surface area contributed by atoms with E-state index in [4.69, 9.17) is 0 Å². The monoisotopic (exact) mass is 455 g/mol. The topological polar surface area (TPSA) is 78.5 Å². The number of amides is 4. The predicted octanol–water partition coefficient (Wildman–Crippen LogP) is 4.36. The Morgan fingerprint density at radius 1 is 1.03 bits per heavy atom. The van der Waals surface area contributed by atoms with Gasteiger partial charge in [-0.2, -0.15) is 0 Å². The van der Waals surface area contributed by atoms with E-state index in [0.717, 1.165) is 34.1 Å². The fourth-order valence-corrected chi connectivity index (χ4v) is 5.22. The third-order valence-electron chi connectivity index (χ3n) is 7.16. The Morgan fingerprint density at radius 3 is 2.59 bits per heavy atom. The van der Waals surface area contributed by atoms with Gasteiger partial charge in [0.1, 0.15) is 12.1 Å². The lowest BCUT2D eigenvalue weighted by Gasteiger charge is -2.24. The Hall–Kier alpha value is -3.67. The molecular weight excluding hydrogens is 426 g/mol. The van der Waals surface area contributed by atoms with Gasteiger partial charge in [0.15, 0.2) is 0 Å². The molecule has 1 fully saturated rings. The summed E-state index contributed by atoms with van der Waals surface area (Å²) < 4.78 is 0. The number of urea groups is 1. The first-order valence-electron chi connectivity index (χ1n) is 11.9. The minimum atomic E-state index is -1.23. The number of carbonyl (C=O) groups excluding carboxylic acids is 3. The second kappa shape index (κ2) is 8.60. The molecule has 0 radical (unpaired) electrons. The molecule has 6 nitrogen and oxygen atoms in total. The summed E-state index contributed by atoms with van der Waals surface area (Å²) in [5, 5.41) is 7.66. The van der Waals surface area contributed by atoms with Crippen LogP contribution in [0.4, 0.5) is 4.79 Å². The van der Waals surface area contributed by atoms with E-state index in [-0.39, 0.29) is 18.5 Å². The molecule has 0 aromatic heterocycles. The quantitative estimate of drug-likeness (QED) is 0.561. The number of benzene rings is 3. The molecule has 0 spiro atoms.